The Morgan fingerprint density at radius 3 is 1.37 bits per heavy atom. The molecule has 0 saturated heterocycles. The topological polar surface area (TPSA) is 134 Å². The van der Waals surface area contributed by atoms with Crippen molar-refractivity contribution in [3.63, 3.8) is 0 Å². The number of phosphoric ester groups is 1. The van der Waals surface area contributed by atoms with Crippen LogP contribution in [0.5, 0.6) is 0 Å². The second-order valence-corrected chi connectivity index (χ2v) is 17.1. The van der Waals surface area contributed by atoms with Gasteiger partial charge < -0.3 is 20.1 Å². The largest absolute Gasteiger partial charge is 0.472 e. The molecule has 2 atom stereocenters. The summed E-state index contributed by atoms with van der Waals surface area (Å²) < 4.78 is 32.6. The Bertz CT molecular complexity index is 1210. The smallest absolute Gasteiger partial charge is 0.462 e. The van der Waals surface area contributed by atoms with Gasteiger partial charge in [0.05, 0.1) is 13.2 Å². The maximum atomic E-state index is 12.6. The van der Waals surface area contributed by atoms with Crippen molar-refractivity contribution in [1.82, 2.24) is 0 Å². The van der Waals surface area contributed by atoms with Gasteiger partial charge in [0, 0.05) is 19.4 Å². The summed E-state index contributed by atoms with van der Waals surface area (Å²) in [5, 5.41) is 0. The Labute approximate surface area is 367 Å². The van der Waals surface area contributed by atoms with E-state index >= 15 is 0 Å². The number of rotatable bonds is 44. The maximum absolute atomic E-state index is 12.6. The van der Waals surface area contributed by atoms with Crippen molar-refractivity contribution in [2.24, 2.45) is 5.73 Å². The zero-order chi connectivity index (χ0) is 43.9. The van der Waals surface area contributed by atoms with E-state index in [0.29, 0.717) is 6.42 Å². The third kappa shape index (κ3) is 45.0. The molecule has 0 saturated carbocycles. The highest BCUT2D eigenvalue weighted by molar-refractivity contribution is 7.47. The van der Waals surface area contributed by atoms with Crippen molar-refractivity contribution >= 4 is 19.8 Å². The molecule has 0 aromatic heterocycles. The van der Waals surface area contributed by atoms with Crippen LogP contribution in [0, 0.1) is 0 Å². The molecular weight excluding hydrogens is 774 g/mol. The lowest BCUT2D eigenvalue weighted by molar-refractivity contribution is -0.161. The highest BCUT2D eigenvalue weighted by atomic mass is 31.2. The van der Waals surface area contributed by atoms with Crippen molar-refractivity contribution in [2.75, 3.05) is 26.4 Å². The molecule has 0 heterocycles. The van der Waals surface area contributed by atoms with Gasteiger partial charge in [-0.25, -0.2) is 4.57 Å². The Morgan fingerprint density at radius 1 is 0.517 bits per heavy atom. The number of carbonyl (C=O) groups excluding carboxylic acids is 2. The maximum Gasteiger partial charge on any atom is 0.472 e. The molecule has 0 fully saturated rings. The molecule has 9 nitrogen and oxygen atoms in total. The van der Waals surface area contributed by atoms with Crippen LogP contribution in [0.25, 0.3) is 0 Å². The number of nitrogens with two attached hydrogens (primary N) is 1. The zero-order valence-corrected chi connectivity index (χ0v) is 39.1. The van der Waals surface area contributed by atoms with Gasteiger partial charge in [0.2, 0.25) is 0 Å². The fourth-order valence-corrected chi connectivity index (χ4v) is 7.11. The molecular formula is C50H88NO8P. The van der Waals surface area contributed by atoms with E-state index < -0.39 is 32.5 Å². The van der Waals surface area contributed by atoms with E-state index in [0.717, 1.165) is 89.9 Å². The van der Waals surface area contributed by atoms with Crippen LogP contribution in [0.2, 0.25) is 0 Å². The van der Waals surface area contributed by atoms with Crippen LogP contribution < -0.4 is 5.73 Å². The first-order chi connectivity index (χ1) is 29.3. The average molecular weight is 862 g/mol. The second kappa shape index (κ2) is 46.0. The van der Waals surface area contributed by atoms with Crippen LogP contribution >= 0.6 is 7.82 Å². The van der Waals surface area contributed by atoms with E-state index in [1.54, 1.807) is 0 Å². The number of esters is 2. The Balaban J connectivity index is 3.84. The highest BCUT2D eigenvalue weighted by Crippen LogP contribution is 2.43. The zero-order valence-electron chi connectivity index (χ0n) is 38.2. The van der Waals surface area contributed by atoms with E-state index in [1.165, 1.54) is 77.0 Å². The first-order valence-electron chi connectivity index (χ1n) is 23.9. The van der Waals surface area contributed by atoms with E-state index in [2.05, 4.69) is 86.8 Å². The predicted octanol–water partition coefficient (Wildman–Crippen LogP) is 14.2. The van der Waals surface area contributed by atoms with Gasteiger partial charge in [-0.3, -0.25) is 18.6 Å². The molecule has 60 heavy (non-hydrogen) atoms. The fourth-order valence-electron chi connectivity index (χ4n) is 6.34. The van der Waals surface area contributed by atoms with Gasteiger partial charge in [0.25, 0.3) is 0 Å². The number of carbonyl (C=O) groups is 2. The Morgan fingerprint density at radius 2 is 0.917 bits per heavy atom. The van der Waals surface area contributed by atoms with Crippen molar-refractivity contribution in [3.05, 3.63) is 72.9 Å². The first-order valence-corrected chi connectivity index (χ1v) is 25.4. The summed E-state index contributed by atoms with van der Waals surface area (Å²) in [6.07, 6.45) is 57.1. The molecule has 0 aliphatic rings. The minimum atomic E-state index is -4.37. The summed E-state index contributed by atoms with van der Waals surface area (Å²) in [4.78, 5) is 34.6. The molecule has 0 spiro atoms. The third-order valence-electron chi connectivity index (χ3n) is 9.86. The molecule has 10 heteroatoms. The molecule has 0 aromatic rings. The predicted molar refractivity (Wildman–Crippen MR) is 252 cm³/mol. The van der Waals surface area contributed by atoms with Crippen molar-refractivity contribution in [2.45, 2.75) is 206 Å². The molecule has 2 unspecified atom stereocenters. The number of unbranched alkanes of at least 4 members (excludes halogenated alkanes) is 19. The van der Waals surface area contributed by atoms with Gasteiger partial charge in [0.15, 0.2) is 6.10 Å². The van der Waals surface area contributed by atoms with E-state index in [9.17, 15) is 19.0 Å². The van der Waals surface area contributed by atoms with Gasteiger partial charge in [-0.1, -0.05) is 196 Å². The van der Waals surface area contributed by atoms with Gasteiger partial charge >= 0.3 is 19.8 Å². The van der Waals surface area contributed by atoms with Gasteiger partial charge in [-0.15, -0.1) is 0 Å². The van der Waals surface area contributed by atoms with E-state index in [4.69, 9.17) is 24.3 Å². The van der Waals surface area contributed by atoms with Crippen LogP contribution in [0.1, 0.15) is 200 Å². The van der Waals surface area contributed by atoms with Crippen LogP contribution in [0.3, 0.4) is 0 Å². The van der Waals surface area contributed by atoms with Gasteiger partial charge in [-0.05, 0) is 64.2 Å². The second-order valence-electron chi connectivity index (χ2n) is 15.6. The number of allylic oxidation sites excluding steroid dienone is 12. The van der Waals surface area contributed by atoms with Crippen LogP contribution in [0.4, 0.5) is 0 Å². The number of ether oxygens (including phenoxy) is 2. The number of hydrogen-bond acceptors (Lipinski definition) is 8. The molecule has 0 aliphatic carbocycles. The van der Waals surface area contributed by atoms with Crippen molar-refractivity contribution < 1.29 is 37.6 Å². The van der Waals surface area contributed by atoms with E-state index in [1.807, 2.05) is 0 Å². The lowest BCUT2D eigenvalue weighted by atomic mass is 10.0. The third-order valence-corrected chi connectivity index (χ3v) is 10.8. The Kier molecular flexibility index (Phi) is 44.0. The van der Waals surface area contributed by atoms with Gasteiger partial charge in [-0.2, -0.15) is 0 Å². The monoisotopic (exact) mass is 862 g/mol. The summed E-state index contributed by atoms with van der Waals surface area (Å²) in [6, 6.07) is 0. The van der Waals surface area contributed by atoms with E-state index in [-0.39, 0.29) is 32.6 Å². The average Bonchev–Trinajstić information content (AvgIpc) is 3.24. The quantitative estimate of drug-likeness (QED) is 0.0266. The summed E-state index contributed by atoms with van der Waals surface area (Å²) in [6.45, 7) is 3.54. The standard InChI is InChI=1S/C50H88NO8P/c1-3-5-7-9-11-12-13-14-15-16-17-18-19-20-21-22-23-24-25-26-27-28-29-30-31-32-33-34-35-36-37-39-41-43-50(53)59-48(47-58-60(54,55)57-45-44-51)46-56-49(52)42-40-38-10-8-6-4-2/h5,7,11-12,14-15,17-18,20-21,23-24,48H,3-4,6,8-10,13,16,19,22,25-47,51H2,1-2H3,(H,54,55)/b7-5-,12-11-,15-14-,18-17-,21-20-,24-23-. The lowest BCUT2D eigenvalue weighted by Crippen LogP contribution is -2.29. The minimum absolute atomic E-state index is 0.0521. The van der Waals surface area contributed by atoms with Crippen molar-refractivity contribution in [3.8, 4) is 0 Å². The van der Waals surface area contributed by atoms with Crippen LogP contribution in [-0.4, -0.2) is 49.3 Å². The normalized spacial score (nSPS) is 13.9. The Hall–Kier alpha value is -2.55. The molecule has 0 bridgehead atoms. The molecule has 0 aliphatic heterocycles. The molecule has 0 radical (unpaired) electrons. The van der Waals surface area contributed by atoms with Crippen LogP contribution in [-0.2, 0) is 32.7 Å². The van der Waals surface area contributed by atoms with Crippen LogP contribution in [0.15, 0.2) is 72.9 Å². The molecule has 0 amide bonds. The molecule has 0 aromatic carbocycles. The summed E-state index contributed by atoms with van der Waals surface area (Å²) in [5.41, 5.74) is 5.33. The fraction of sp³-hybridized carbons (Fsp3) is 0.720. The summed E-state index contributed by atoms with van der Waals surface area (Å²) in [7, 11) is -4.37. The minimum Gasteiger partial charge on any atom is -0.462 e. The molecule has 346 valence electrons. The SMILES string of the molecule is CC/C=C\C/C=C\C/C=C\C/C=C\C/C=C\C/C=C\CCCCCCCCCCCCCCCCC(=O)OC(COC(=O)CCCCCCCC)COP(=O)(O)OCCN. The first kappa shape index (κ1) is 57.4. The number of phosphoric acid groups is 1. The molecule has 3 N–H and O–H groups in total. The number of hydrogen-bond donors (Lipinski definition) is 2. The summed E-state index contributed by atoms with van der Waals surface area (Å²) >= 11 is 0. The highest BCUT2D eigenvalue weighted by Gasteiger charge is 2.26. The summed E-state index contributed by atoms with van der Waals surface area (Å²) in [5.74, 6) is -0.840. The van der Waals surface area contributed by atoms with Gasteiger partial charge in [0.1, 0.15) is 6.61 Å². The molecule has 0 rings (SSSR count). The lowest BCUT2D eigenvalue weighted by Gasteiger charge is -2.19. The van der Waals surface area contributed by atoms with Crippen molar-refractivity contribution in [1.29, 1.82) is 0 Å².